The van der Waals surface area contributed by atoms with Gasteiger partial charge in [0.2, 0.25) is 0 Å². The fourth-order valence-corrected chi connectivity index (χ4v) is 3.15. The highest BCUT2D eigenvalue weighted by Crippen LogP contribution is 2.33. The van der Waals surface area contributed by atoms with Crippen LogP contribution in [0.5, 0.6) is 11.5 Å². The molecule has 4 rings (SSSR count). The Kier molecular flexibility index (Phi) is 4.57. The van der Waals surface area contributed by atoms with Crippen LogP contribution >= 0.6 is 0 Å². The predicted molar refractivity (Wildman–Crippen MR) is 109 cm³/mol. The van der Waals surface area contributed by atoms with E-state index in [0.717, 1.165) is 39.4 Å². The Balaban J connectivity index is 1.79. The summed E-state index contributed by atoms with van der Waals surface area (Å²) in [5.74, 6) is 1.35. The molecule has 3 heterocycles. The summed E-state index contributed by atoms with van der Waals surface area (Å²) < 4.78 is 12.5. The maximum absolute atomic E-state index is 5.42. The molecule has 0 fully saturated rings. The van der Waals surface area contributed by atoms with E-state index >= 15 is 0 Å². The first-order valence-electron chi connectivity index (χ1n) is 8.84. The van der Waals surface area contributed by atoms with E-state index in [1.165, 1.54) is 0 Å². The maximum atomic E-state index is 5.42. The van der Waals surface area contributed by atoms with Gasteiger partial charge in [-0.1, -0.05) is 0 Å². The van der Waals surface area contributed by atoms with Crippen molar-refractivity contribution in [2.24, 2.45) is 7.05 Å². The first-order valence-corrected chi connectivity index (χ1v) is 8.84. The molecule has 0 atom stereocenters. The molecular weight excluding hydrogens is 354 g/mol. The third-order valence-corrected chi connectivity index (χ3v) is 4.55. The molecule has 0 aliphatic heterocycles. The molecule has 0 bridgehead atoms. The molecule has 0 saturated carbocycles. The van der Waals surface area contributed by atoms with Crippen LogP contribution in [0.25, 0.3) is 22.3 Å². The standard InChI is InChI=1S/C21H21N5O2/c1-13-18(12-26(2)25-13)23-17-9-10-22-16-7-6-15(24-21(16)17)14-5-8-19(27-3)20(11-14)28-4/h5-12H,1-4H3,(H,22,23). The van der Waals surface area contributed by atoms with Crippen LogP contribution in [0.1, 0.15) is 5.69 Å². The molecule has 1 N–H and O–H groups in total. The van der Waals surface area contributed by atoms with Gasteiger partial charge in [0.25, 0.3) is 0 Å². The van der Waals surface area contributed by atoms with Gasteiger partial charge in [0.15, 0.2) is 11.5 Å². The summed E-state index contributed by atoms with van der Waals surface area (Å²) in [6, 6.07) is 11.6. The summed E-state index contributed by atoms with van der Waals surface area (Å²) in [7, 11) is 5.14. The van der Waals surface area contributed by atoms with E-state index in [0.29, 0.717) is 11.5 Å². The molecule has 7 heteroatoms. The molecule has 142 valence electrons. The highest BCUT2D eigenvalue weighted by atomic mass is 16.5. The monoisotopic (exact) mass is 375 g/mol. The minimum Gasteiger partial charge on any atom is -0.493 e. The van der Waals surface area contributed by atoms with E-state index in [1.807, 2.05) is 56.6 Å². The van der Waals surface area contributed by atoms with Gasteiger partial charge in [-0.05, 0) is 43.3 Å². The second-order valence-corrected chi connectivity index (χ2v) is 6.42. The fraction of sp³-hybridized carbons (Fsp3) is 0.190. The van der Waals surface area contributed by atoms with Crippen molar-refractivity contribution in [1.29, 1.82) is 0 Å². The SMILES string of the molecule is COc1ccc(-c2ccc3nccc(Nc4cn(C)nc4C)c3n2)cc1OC. The lowest BCUT2D eigenvalue weighted by molar-refractivity contribution is 0.355. The van der Waals surface area contributed by atoms with E-state index in [1.54, 1.807) is 25.1 Å². The molecule has 0 aliphatic rings. The highest BCUT2D eigenvalue weighted by molar-refractivity contribution is 5.91. The molecule has 1 aromatic carbocycles. The van der Waals surface area contributed by atoms with Crippen molar-refractivity contribution >= 4 is 22.4 Å². The normalized spacial score (nSPS) is 10.9. The molecule has 0 radical (unpaired) electrons. The molecule has 28 heavy (non-hydrogen) atoms. The first kappa shape index (κ1) is 17.8. The predicted octanol–water partition coefficient (Wildman–Crippen LogP) is 4.10. The summed E-state index contributed by atoms with van der Waals surface area (Å²) in [6.07, 6.45) is 3.72. The van der Waals surface area contributed by atoms with Crippen LogP contribution in [-0.4, -0.2) is 34.0 Å². The number of ether oxygens (including phenoxy) is 2. The smallest absolute Gasteiger partial charge is 0.161 e. The Bertz CT molecular complexity index is 1150. The minimum atomic E-state index is 0.664. The van der Waals surface area contributed by atoms with E-state index in [4.69, 9.17) is 14.5 Å². The number of benzene rings is 1. The van der Waals surface area contributed by atoms with Crippen LogP contribution in [0.2, 0.25) is 0 Å². The molecular formula is C21H21N5O2. The number of nitrogens with one attached hydrogen (secondary N) is 1. The second-order valence-electron chi connectivity index (χ2n) is 6.42. The van der Waals surface area contributed by atoms with Gasteiger partial charge in [-0.2, -0.15) is 5.10 Å². The lowest BCUT2D eigenvalue weighted by atomic mass is 10.1. The number of fused-ring (bicyclic) bond motifs is 1. The number of aryl methyl sites for hydroxylation is 2. The minimum absolute atomic E-state index is 0.664. The quantitative estimate of drug-likeness (QED) is 0.566. The van der Waals surface area contributed by atoms with Crippen molar-refractivity contribution in [2.75, 3.05) is 19.5 Å². The molecule has 0 aliphatic carbocycles. The molecule has 7 nitrogen and oxygen atoms in total. The van der Waals surface area contributed by atoms with Gasteiger partial charge < -0.3 is 14.8 Å². The second kappa shape index (κ2) is 7.19. The number of rotatable bonds is 5. The first-order chi connectivity index (χ1) is 13.6. The summed E-state index contributed by atoms with van der Waals surface area (Å²) in [4.78, 5) is 9.30. The Labute approximate surface area is 163 Å². The van der Waals surface area contributed by atoms with Gasteiger partial charge in [0.1, 0.15) is 5.52 Å². The number of nitrogens with zero attached hydrogens (tertiary/aromatic N) is 4. The van der Waals surface area contributed by atoms with Gasteiger partial charge in [0.05, 0.1) is 42.5 Å². The zero-order chi connectivity index (χ0) is 19.7. The van der Waals surface area contributed by atoms with E-state index in [-0.39, 0.29) is 0 Å². The Morgan fingerprint density at radius 3 is 2.50 bits per heavy atom. The van der Waals surface area contributed by atoms with Crippen molar-refractivity contribution in [3.63, 3.8) is 0 Å². The zero-order valence-corrected chi connectivity index (χ0v) is 16.2. The molecule has 4 aromatic rings. The highest BCUT2D eigenvalue weighted by Gasteiger charge is 2.11. The number of hydrogen-bond acceptors (Lipinski definition) is 6. The molecule has 0 amide bonds. The molecule has 0 saturated heterocycles. The third-order valence-electron chi connectivity index (χ3n) is 4.55. The summed E-state index contributed by atoms with van der Waals surface area (Å²) in [6.45, 7) is 1.97. The topological polar surface area (TPSA) is 74.1 Å². The average molecular weight is 375 g/mol. The van der Waals surface area contributed by atoms with E-state index in [9.17, 15) is 0 Å². The molecule has 0 spiro atoms. The largest absolute Gasteiger partial charge is 0.493 e. The number of methoxy groups -OCH3 is 2. The fourth-order valence-electron chi connectivity index (χ4n) is 3.15. The van der Waals surface area contributed by atoms with Gasteiger partial charge in [0, 0.05) is 25.0 Å². The van der Waals surface area contributed by atoms with Crippen LogP contribution in [0.15, 0.2) is 48.8 Å². The van der Waals surface area contributed by atoms with Crippen LogP contribution in [0.3, 0.4) is 0 Å². The van der Waals surface area contributed by atoms with Crippen LogP contribution in [0.4, 0.5) is 11.4 Å². The zero-order valence-electron chi connectivity index (χ0n) is 16.2. The number of anilines is 2. The van der Waals surface area contributed by atoms with Gasteiger partial charge in [-0.25, -0.2) is 4.98 Å². The molecule has 3 aromatic heterocycles. The maximum Gasteiger partial charge on any atom is 0.161 e. The van der Waals surface area contributed by atoms with E-state index < -0.39 is 0 Å². The summed E-state index contributed by atoms with van der Waals surface area (Å²) in [5.41, 5.74) is 6.10. The Hall–Kier alpha value is -3.61. The van der Waals surface area contributed by atoms with Crippen LogP contribution in [0, 0.1) is 6.92 Å². The third kappa shape index (κ3) is 3.22. The van der Waals surface area contributed by atoms with Crippen molar-refractivity contribution in [3.05, 3.63) is 54.5 Å². The van der Waals surface area contributed by atoms with Gasteiger partial charge in [-0.3, -0.25) is 9.67 Å². The molecule has 0 unspecified atom stereocenters. The summed E-state index contributed by atoms with van der Waals surface area (Å²) in [5, 5.41) is 7.81. The van der Waals surface area contributed by atoms with Gasteiger partial charge >= 0.3 is 0 Å². The van der Waals surface area contributed by atoms with Crippen LogP contribution in [-0.2, 0) is 7.05 Å². The lowest BCUT2D eigenvalue weighted by Gasteiger charge is -2.11. The lowest BCUT2D eigenvalue weighted by Crippen LogP contribution is -1.96. The average Bonchev–Trinajstić information content (AvgIpc) is 3.04. The van der Waals surface area contributed by atoms with Crippen molar-refractivity contribution in [3.8, 4) is 22.8 Å². The number of hydrogen-bond donors (Lipinski definition) is 1. The number of pyridine rings is 2. The van der Waals surface area contributed by atoms with Crippen molar-refractivity contribution in [2.45, 2.75) is 6.92 Å². The Morgan fingerprint density at radius 1 is 0.964 bits per heavy atom. The van der Waals surface area contributed by atoms with E-state index in [2.05, 4.69) is 15.4 Å². The number of aromatic nitrogens is 4. The van der Waals surface area contributed by atoms with Crippen molar-refractivity contribution in [1.82, 2.24) is 19.7 Å². The van der Waals surface area contributed by atoms with Crippen LogP contribution < -0.4 is 14.8 Å². The Morgan fingerprint density at radius 2 is 1.79 bits per heavy atom. The summed E-state index contributed by atoms with van der Waals surface area (Å²) >= 11 is 0. The van der Waals surface area contributed by atoms with Crippen molar-refractivity contribution < 1.29 is 9.47 Å². The van der Waals surface area contributed by atoms with Gasteiger partial charge in [-0.15, -0.1) is 0 Å².